The van der Waals surface area contributed by atoms with Crippen LogP contribution in [-0.4, -0.2) is 29.3 Å². The number of nitrogen functional groups attached to an aromatic ring is 1. The molecule has 0 spiro atoms. The minimum absolute atomic E-state index is 0.515. The molecule has 6 heteroatoms. The van der Waals surface area contributed by atoms with E-state index in [0.29, 0.717) is 22.4 Å². The van der Waals surface area contributed by atoms with Crippen molar-refractivity contribution in [2.45, 2.75) is 0 Å². The topological polar surface area (TPSA) is 70.8 Å². The molecular weight excluding hydrogens is 298 g/mol. The van der Waals surface area contributed by atoms with Crippen molar-refractivity contribution < 1.29 is 0 Å². The minimum atomic E-state index is 0.515. The summed E-state index contributed by atoms with van der Waals surface area (Å²) in [5.41, 5.74) is 9.27. The lowest BCUT2D eigenvalue weighted by atomic mass is 10.2. The Morgan fingerprint density at radius 3 is 2.36 bits per heavy atom. The first kappa shape index (κ1) is 14.4. The Morgan fingerprint density at radius 2 is 1.73 bits per heavy atom. The van der Waals surface area contributed by atoms with E-state index in [2.05, 4.69) is 15.2 Å². The molecule has 0 unspecified atom stereocenters. The first-order valence-corrected chi connectivity index (χ1v) is 7.18. The number of aromatic amines is 1. The maximum Gasteiger partial charge on any atom is 0.181 e. The molecule has 0 radical (unpaired) electrons. The van der Waals surface area contributed by atoms with E-state index in [1.807, 2.05) is 49.3 Å². The van der Waals surface area contributed by atoms with E-state index in [9.17, 15) is 0 Å². The van der Waals surface area contributed by atoms with Crippen molar-refractivity contribution in [1.29, 1.82) is 0 Å². The molecule has 5 nitrogen and oxygen atoms in total. The summed E-state index contributed by atoms with van der Waals surface area (Å²) in [4.78, 5) is 6.56. The van der Waals surface area contributed by atoms with Crippen LogP contribution in [0, 0.1) is 0 Å². The molecule has 0 aliphatic heterocycles. The monoisotopic (exact) mass is 313 g/mol. The third kappa shape index (κ3) is 2.76. The highest BCUT2D eigenvalue weighted by Crippen LogP contribution is 2.26. The van der Waals surface area contributed by atoms with E-state index in [1.165, 1.54) is 0 Å². The summed E-state index contributed by atoms with van der Waals surface area (Å²) in [6, 6.07) is 13.5. The van der Waals surface area contributed by atoms with Gasteiger partial charge in [0.05, 0.1) is 10.7 Å². The van der Waals surface area contributed by atoms with Gasteiger partial charge in [0, 0.05) is 30.9 Å². The van der Waals surface area contributed by atoms with Crippen molar-refractivity contribution in [1.82, 2.24) is 15.2 Å². The molecule has 0 saturated carbocycles. The number of nitrogens with zero attached hydrogens (tertiary/aromatic N) is 3. The van der Waals surface area contributed by atoms with Crippen LogP contribution >= 0.6 is 11.6 Å². The Hall–Kier alpha value is -2.53. The van der Waals surface area contributed by atoms with Gasteiger partial charge in [-0.25, -0.2) is 4.98 Å². The van der Waals surface area contributed by atoms with Crippen LogP contribution in [0.1, 0.15) is 0 Å². The molecule has 0 fully saturated rings. The molecule has 2 aromatic carbocycles. The maximum absolute atomic E-state index is 5.93. The molecule has 1 aromatic heterocycles. The van der Waals surface area contributed by atoms with E-state index in [-0.39, 0.29) is 0 Å². The normalized spacial score (nSPS) is 10.7. The largest absolute Gasteiger partial charge is 0.398 e. The summed E-state index contributed by atoms with van der Waals surface area (Å²) in [5, 5.41) is 7.73. The van der Waals surface area contributed by atoms with Crippen molar-refractivity contribution in [3.05, 3.63) is 47.5 Å². The maximum atomic E-state index is 5.93. The van der Waals surface area contributed by atoms with Gasteiger partial charge in [-0.2, -0.15) is 5.10 Å². The fraction of sp³-hybridized carbons (Fsp3) is 0.125. The number of nitrogens with one attached hydrogen (secondary N) is 1. The molecule has 0 aliphatic rings. The molecule has 0 amide bonds. The van der Waals surface area contributed by atoms with Gasteiger partial charge in [-0.15, -0.1) is 0 Å². The molecule has 3 N–H and O–H groups in total. The Morgan fingerprint density at radius 1 is 1.05 bits per heavy atom. The third-order valence-corrected chi connectivity index (χ3v) is 3.74. The SMILES string of the molecule is CN(C)c1ccc(-c2nc(-c3ccc(Cl)c(N)c3)n[nH]2)cc1. The highest BCUT2D eigenvalue weighted by atomic mass is 35.5. The fourth-order valence-electron chi connectivity index (χ4n) is 2.12. The van der Waals surface area contributed by atoms with Gasteiger partial charge in [-0.1, -0.05) is 11.6 Å². The average molecular weight is 314 g/mol. The summed E-state index contributed by atoms with van der Waals surface area (Å²) in [5.74, 6) is 1.31. The number of anilines is 2. The number of hydrogen-bond acceptors (Lipinski definition) is 4. The van der Waals surface area contributed by atoms with Crippen LogP contribution in [-0.2, 0) is 0 Å². The molecule has 0 atom stereocenters. The molecule has 0 saturated heterocycles. The van der Waals surface area contributed by atoms with E-state index >= 15 is 0 Å². The number of nitrogens with two attached hydrogens (primary N) is 1. The van der Waals surface area contributed by atoms with Crippen LogP contribution in [0.15, 0.2) is 42.5 Å². The van der Waals surface area contributed by atoms with Crippen LogP contribution in [0.3, 0.4) is 0 Å². The van der Waals surface area contributed by atoms with Gasteiger partial charge >= 0.3 is 0 Å². The van der Waals surface area contributed by atoms with Crippen LogP contribution in [0.5, 0.6) is 0 Å². The molecular formula is C16H16ClN5. The molecule has 112 valence electrons. The van der Waals surface area contributed by atoms with Crippen LogP contribution < -0.4 is 10.6 Å². The second-order valence-corrected chi connectivity index (χ2v) is 5.59. The van der Waals surface area contributed by atoms with Crippen molar-refractivity contribution in [3.8, 4) is 22.8 Å². The zero-order valence-electron chi connectivity index (χ0n) is 12.3. The molecule has 0 bridgehead atoms. The van der Waals surface area contributed by atoms with Gasteiger partial charge < -0.3 is 10.6 Å². The Kier molecular flexibility index (Phi) is 3.73. The number of halogens is 1. The van der Waals surface area contributed by atoms with Crippen molar-refractivity contribution in [2.24, 2.45) is 0 Å². The number of aromatic nitrogens is 3. The Balaban J connectivity index is 1.91. The van der Waals surface area contributed by atoms with Crippen molar-refractivity contribution >= 4 is 23.0 Å². The minimum Gasteiger partial charge on any atom is -0.398 e. The number of hydrogen-bond donors (Lipinski definition) is 2. The predicted molar refractivity (Wildman–Crippen MR) is 91.0 cm³/mol. The van der Waals surface area contributed by atoms with Crippen LogP contribution in [0.25, 0.3) is 22.8 Å². The van der Waals surface area contributed by atoms with Crippen LogP contribution in [0.2, 0.25) is 5.02 Å². The second-order valence-electron chi connectivity index (χ2n) is 5.19. The summed E-state index contributed by atoms with van der Waals surface area (Å²) in [6.07, 6.45) is 0. The van der Waals surface area contributed by atoms with Gasteiger partial charge in [0.2, 0.25) is 0 Å². The van der Waals surface area contributed by atoms with E-state index in [1.54, 1.807) is 12.1 Å². The summed E-state index contributed by atoms with van der Waals surface area (Å²) < 4.78 is 0. The zero-order chi connectivity index (χ0) is 15.7. The highest BCUT2D eigenvalue weighted by Gasteiger charge is 2.09. The Labute approximate surface area is 133 Å². The van der Waals surface area contributed by atoms with Crippen molar-refractivity contribution in [3.63, 3.8) is 0 Å². The number of benzene rings is 2. The fourth-order valence-corrected chi connectivity index (χ4v) is 2.24. The Bertz CT molecular complexity index is 793. The van der Waals surface area contributed by atoms with Crippen LogP contribution in [0.4, 0.5) is 11.4 Å². The lowest BCUT2D eigenvalue weighted by Gasteiger charge is -2.11. The van der Waals surface area contributed by atoms with E-state index in [4.69, 9.17) is 17.3 Å². The number of rotatable bonds is 3. The molecule has 22 heavy (non-hydrogen) atoms. The lowest BCUT2D eigenvalue weighted by molar-refractivity contribution is 1.10. The highest BCUT2D eigenvalue weighted by molar-refractivity contribution is 6.33. The van der Waals surface area contributed by atoms with Crippen molar-refractivity contribution in [2.75, 3.05) is 24.7 Å². The quantitative estimate of drug-likeness (QED) is 0.727. The van der Waals surface area contributed by atoms with E-state index in [0.717, 1.165) is 16.8 Å². The van der Waals surface area contributed by atoms with Gasteiger partial charge in [0.25, 0.3) is 0 Å². The molecule has 0 aliphatic carbocycles. The molecule has 3 rings (SSSR count). The zero-order valence-corrected chi connectivity index (χ0v) is 13.1. The summed E-state index contributed by atoms with van der Waals surface area (Å²) in [7, 11) is 4.01. The predicted octanol–water partition coefficient (Wildman–Crippen LogP) is 3.44. The molecule has 3 aromatic rings. The van der Waals surface area contributed by atoms with Gasteiger partial charge in [-0.05, 0) is 42.5 Å². The first-order valence-electron chi connectivity index (χ1n) is 6.80. The number of H-pyrrole nitrogens is 1. The lowest BCUT2D eigenvalue weighted by Crippen LogP contribution is -2.07. The average Bonchev–Trinajstić information content (AvgIpc) is 3.00. The van der Waals surface area contributed by atoms with Gasteiger partial charge in [0.1, 0.15) is 0 Å². The first-order chi connectivity index (χ1) is 10.5. The third-order valence-electron chi connectivity index (χ3n) is 3.40. The summed E-state index contributed by atoms with van der Waals surface area (Å²) >= 11 is 5.93. The van der Waals surface area contributed by atoms with Gasteiger partial charge in [0.15, 0.2) is 11.6 Å². The smallest absolute Gasteiger partial charge is 0.181 e. The standard InChI is InChI=1S/C16H16ClN5/c1-22(2)12-6-3-10(4-7-12)15-19-16(21-20-15)11-5-8-13(17)14(18)9-11/h3-9H,18H2,1-2H3,(H,19,20,21). The summed E-state index contributed by atoms with van der Waals surface area (Å²) in [6.45, 7) is 0. The van der Waals surface area contributed by atoms with Gasteiger partial charge in [-0.3, -0.25) is 5.10 Å². The second kappa shape index (κ2) is 5.69. The molecule has 1 heterocycles. The van der Waals surface area contributed by atoms with E-state index < -0.39 is 0 Å².